The molecule has 0 aromatic carbocycles. The summed E-state index contributed by atoms with van der Waals surface area (Å²) in [6, 6.07) is 2.03. The Morgan fingerprint density at radius 3 is 3.05 bits per heavy atom. The Morgan fingerprint density at radius 2 is 2.35 bits per heavy atom. The number of methoxy groups -OCH3 is 1. The van der Waals surface area contributed by atoms with Crippen LogP contribution in [0, 0.1) is 0 Å². The van der Waals surface area contributed by atoms with E-state index in [4.69, 9.17) is 10.5 Å². The van der Waals surface area contributed by atoms with Gasteiger partial charge < -0.3 is 21.1 Å². The maximum absolute atomic E-state index is 5.59. The highest BCUT2D eigenvalue weighted by atomic mass is 16.5. The molecule has 108 valence electrons. The molecule has 1 aliphatic heterocycles. The first-order valence-corrected chi connectivity index (χ1v) is 6.61. The number of hydrogen-bond donors (Lipinski definition) is 3. The fourth-order valence-corrected chi connectivity index (χ4v) is 1.90. The van der Waals surface area contributed by atoms with E-state index in [1.807, 2.05) is 0 Å². The van der Waals surface area contributed by atoms with E-state index in [1.54, 1.807) is 25.6 Å². The van der Waals surface area contributed by atoms with Crippen LogP contribution in [0.2, 0.25) is 0 Å². The number of anilines is 1. The van der Waals surface area contributed by atoms with Crippen LogP contribution in [-0.4, -0.2) is 42.4 Å². The number of aliphatic imine (C=N–C) groups is 1. The highest BCUT2D eigenvalue weighted by Gasteiger charge is 2.10. The van der Waals surface area contributed by atoms with E-state index >= 15 is 0 Å². The highest BCUT2D eigenvalue weighted by molar-refractivity contribution is 5.82. The first kappa shape index (κ1) is 14.3. The van der Waals surface area contributed by atoms with Gasteiger partial charge in [0.15, 0.2) is 0 Å². The van der Waals surface area contributed by atoms with Gasteiger partial charge in [-0.1, -0.05) is 0 Å². The average Bonchev–Trinajstić information content (AvgIpc) is 2.52. The predicted molar refractivity (Wildman–Crippen MR) is 78.9 cm³/mol. The molecule has 1 aromatic rings. The zero-order valence-corrected chi connectivity index (χ0v) is 11.5. The molecule has 2 rings (SSSR count). The Labute approximate surface area is 118 Å². The number of nitrogens with zero attached hydrogens (tertiary/aromatic N) is 3. The van der Waals surface area contributed by atoms with Crippen molar-refractivity contribution in [2.24, 2.45) is 10.7 Å². The van der Waals surface area contributed by atoms with Gasteiger partial charge in [-0.05, 0) is 25.9 Å². The molecule has 0 aliphatic carbocycles. The number of aromatic nitrogens is 2. The minimum Gasteiger partial charge on any atom is -0.481 e. The van der Waals surface area contributed by atoms with Crippen molar-refractivity contribution in [3.05, 3.63) is 24.2 Å². The minimum absolute atomic E-state index is 0.347. The number of hydrogen-bond acceptors (Lipinski definition) is 7. The number of rotatable bonds is 5. The van der Waals surface area contributed by atoms with E-state index in [-0.39, 0.29) is 0 Å². The van der Waals surface area contributed by atoms with Crippen molar-refractivity contribution in [3.63, 3.8) is 0 Å². The van der Waals surface area contributed by atoms with Crippen LogP contribution >= 0.6 is 0 Å². The highest BCUT2D eigenvalue weighted by Crippen LogP contribution is 2.10. The topological polar surface area (TPSA) is 97.5 Å². The normalized spacial score (nSPS) is 17.4. The van der Waals surface area contributed by atoms with E-state index in [2.05, 4.69) is 25.6 Å². The van der Waals surface area contributed by atoms with Crippen LogP contribution in [0.1, 0.15) is 12.8 Å². The van der Waals surface area contributed by atoms with Crippen molar-refractivity contribution >= 4 is 12.2 Å². The van der Waals surface area contributed by atoms with Crippen LogP contribution < -0.4 is 21.1 Å². The summed E-state index contributed by atoms with van der Waals surface area (Å²) in [5, 5.41) is 6.32. The maximum atomic E-state index is 5.59. The van der Waals surface area contributed by atoms with Crippen molar-refractivity contribution in [2.45, 2.75) is 18.9 Å². The second-order valence-electron chi connectivity index (χ2n) is 4.43. The molecule has 0 amide bonds. The molecule has 1 saturated heterocycles. The van der Waals surface area contributed by atoms with Gasteiger partial charge in [0.2, 0.25) is 11.8 Å². The zero-order valence-electron chi connectivity index (χ0n) is 11.5. The number of nitrogens with one attached hydrogen (secondary N) is 2. The smallest absolute Gasteiger partial charge is 0.230 e. The summed E-state index contributed by atoms with van der Waals surface area (Å²) in [7, 11) is 1.56. The van der Waals surface area contributed by atoms with Crippen molar-refractivity contribution in [2.75, 3.05) is 25.5 Å². The van der Waals surface area contributed by atoms with Crippen molar-refractivity contribution in [1.29, 1.82) is 0 Å². The molecular weight excluding hydrogens is 256 g/mol. The van der Waals surface area contributed by atoms with Gasteiger partial charge in [-0.3, -0.25) is 4.99 Å². The van der Waals surface area contributed by atoms with Crippen LogP contribution in [0.5, 0.6) is 5.88 Å². The van der Waals surface area contributed by atoms with Crippen molar-refractivity contribution < 1.29 is 4.74 Å². The Hall–Kier alpha value is -2.15. The third-order valence-electron chi connectivity index (χ3n) is 3.01. The molecule has 1 fully saturated rings. The van der Waals surface area contributed by atoms with Gasteiger partial charge in [0.1, 0.15) is 0 Å². The van der Waals surface area contributed by atoms with E-state index in [9.17, 15) is 0 Å². The lowest BCUT2D eigenvalue weighted by Gasteiger charge is -2.18. The first-order valence-electron chi connectivity index (χ1n) is 6.61. The second kappa shape index (κ2) is 7.44. The second-order valence-corrected chi connectivity index (χ2v) is 4.43. The fourth-order valence-electron chi connectivity index (χ4n) is 1.90. The Balaban J connectivity index is 1.96. The number of nitrogens with two attached hydrogens (primary N) is 1. The Bertz CT molecular complexity index is 482. The van der Waals surface area contributed by atoms with E-state index < -0.39 is 0 Å². The lowest BCUT2D eigenvalue weighted by molar-refractivity contribution is 0.397. The van der Waals surface area contributed by atoms with Crippen LogP contribution in [0.4, 0.5) is 5.95 Å². The van der Waals surface area contributed by atoms with Gasteiger partial charge in [-0.15, -0.1) is 0 Å². The number of allylic oxidation sites excluding steroid dienone is 1. The molecule has 4 N–H and O–H groups in total. The van der Waals surface area contributed by atoms with E-state index in [1.165, 1.54) is 6.20 Å². The summed E-state index contributed by atoms with van der Waals surface area (Å²) < 4.78 is 5.04. The van der Waals surface area contributed by atoms with Crippen molar-refractivity contribution in [3.8, 4) is 5.88 Å². The lowest BCUT2D eigenvalue weighted by Crippen LogP contribution is -2.30. The number of piperidine rings is 1. The van der Waals surface area contributed by atoms with E-state index in [0.717, 1.165) is 25.9 Å². The molecule has 0 bridgehead atoms. The standard InChI is InChI=1S/C13H20N6O/c1-20-12-4-7-16-13(19-12)18-11(8-14)9-17-10-2-5-15-6-3-10/h4,7-10,15H,2-3,5-6,14H2,1H3,(H,16,18,19). The van der Waals surface area contributed by atoms with Gasteiger partial charge >= 0.3 is 0 Å². The molecule has 0 radical (unpaired) electrons. The summed E-state index contributed by atoms with van der Waals surface area (Å²) in [6.07, 6.45) is 6.90. The quantitative estimate of drug-likeness (QED) is 0.678. The van der Waals surface area contributed by atoms with Crippen molar-refractivity contribution in [1.82, 2.24) is 15.3 Å². The predicted octanol–water partition coefficient (Wildman–Crippen LogP) is 0.520. The van der Waals surface area contributed by atoms with Crippen LogP contribution in [0.15, 0.2) is 29.2 Å². The molecule has 1 aromatic heterocycles. The van der Waals surface area contributed by atoms with Gasteiger partial charge in [-0.2, -0.15) is 4.98 Å². The van der Waals surface area contributed by atoms with E-state index in [0.29, 0.717) is 23.6 Å². The van der Waals surface area contributed by atoms with Gasteiger partial charge in [0.25, 0.3) is 0 Å². The minimum atomic E-state index is 0.347. The van der Waals surface area contributed by atoms with Gasteiger partial charge in [0, 0.05) is 24.7 Å². The molecule has 0 spiro atoms. The van der Waals surface area contributed by atoms with Crippen LogP contribution in [-0.2, 0) is 0 Å². The van der Waals surface area contributed by atoms with Crippen LogP contribution in [0.25, 0.3) is 0 Å². The SMILES string of the molecule is COc1ccnc(NC(C=NC2CCNCC2)=CN)n1. The molecular formula is C13H20N6O. The molecule has 2 heterocycles. The molecule has 0 saturated carbocycles. The Morgan fingerprint density at radius 1 is 1.55 bits per heavy atom. The summed E-state index contributed by atoms with van der Waals surface area (Å²) in [6.45, 7) is 2.02. The molecule has 1 aliphatic rings. The first-order chi connectivity index (χ1) is 9.81. The van der Waals surface area contributed by atoms with Gasteiger partial charge in [0.05, 0.1) is 18.8 Å². The van der Waals surface area contributed by atoms with Crippen LogP contribution in [0.3, 0.4) is 0 Å². The lowest BCUT2D eigenvalue weighted by atomic mass is 10.1. The Kier molecular flexibility index (Phi) is 5.31. The summed E-state index contributed by atoms with van der Waals surface area (Å²) in [4.78, 5) is 12.8. The third-order valence-corrected chi connectivity index (χ3v) is 3.01. The summed E-state index contributed by atoms with van der Waals surface area (Å²) in [5.74, 6) is 0.923. The average molecular weight is 276 g/mol. The molecule has 0 unspecified atom stereocenters. The third kappa shape index (κ3) is 4.20. The molecule has 7 heteroatoms. The molecule has 7 nitrogen and oxygen atoms in total. The fraction of sp³-hybridized carbons (Fsp3) is 0.462. The monoisotopic (exact) mass is 276 g/mol. The molecule has 20 heavy (non-hydrogen) atoms. The maximum Gasteiger partial charge on any atom is 0.230 e. The number of ether oxygens (including phenoxy) is 1. The molecule has 0 atom stereocenters. The summed E-state index contributed by atoms with van der Waals surface area (Å²) in [5.41, 5.74) is 6.26. The summed E-state index contributed by atoms with van der Waals surface area (Å²) >= 11 is 0. The largest absolute Gasteiger partial charge is 0.481 e. The zero-order chi connectivity index (χ0) is 14.2. The van der Waals surface area contributed by atoms with Gasteiger partial charge in [-0.25, -0.2) is 4.98 Å².